The highest BCUT2D eigenvalue weighted by atomic mass is 32.2. The molecule has 0 spiro atoms. The van der Waals surface area contributed by atoms with Gasteiger partial charge in [0.05, 0.1) is 13.2 Å². The number of ether oxygens (including phenoxy) is 2. The first kappa shape index (κ1) is 51.8. The van der Waals surface area contributed by atoms with Crippen LogP contribution >= 0.6 is 27.4 Å². The maximum Gasteiger partial charge on any atom is 0.481 e. The zero-order valence-corrected chi connectivity index (χ0v) is 36.8. The minimum absolute atomic E-state index is 0.0784. The van der Waals surface area contributed by atoms with Gasteiger partial charge < -0.3 is 35.2 Å². The Morgan fingerprint density at radius 2 is 1.33 bits per heavy atom. The van der Waals surface area contributed by atoms with Crippen LogP contribution < -0.4 is 11.4 Å². The lowest BCUT2D eigenvalue weighted by atomic mass is 10.1. The number of aliphatic hydroxyl groups excluding tert-OH is 2. The fourth-order valence-electron chi connectivity index (χ4n) is 6.44. The number of aliphatic hydroxyl groups is 2. The van der Waals surface area contributed by atoms with Crippen LogP contribution in [-0.4, -0.2) is 84.7 Å². The van der Waals surface area contributed by atoms with E-state index in [2.05, 4.69) is 23.1 Å². The van der Waals surface area contributed by atoms with E-state index in [1.807, 2.05) is 0 Å². The molecule has 0 bridgehead atoms. The minimum Gasteiger partial charge on any atom is -0.459 e. The van der Waals surface area contributed by atoms with Crippen molar-refractivity contribution in [1.82, 2.24) is 9.55 Å². The molecule has 1 aliphatic heterocycles. The highest BCUT2D eigenvalue weighted by Gasteiger charge is 2.46. The summed E-state index contributed by atoms with van der Waals surface area (Å²) >= 11 is 1.52. The van der Waals surface area contributed by atoms with Crippen LogP contribution in [-0.2, 0) is 36.8 Å². The van der Waals surface area contributed by atoms with Crippen LogP contribution in [0, 0.1) is 0 Å². The van der Waals surface area contributed by atoms with E-state index in [1.165, 1.54) is 114 Å². The van der Waals surface area contributed by atoms with Gasteiger partial charge in [-0.1, -0.05) is 136 Å². The largest absolute Gasteiger partial charge is 0.481 e. The second kappa shape index (κ2) is 29.8. The maximum atomic E-state index is 12.8. The average molecular weight is 872 g/mol. The highest BCUT2D eigenvalue weighted by molar-refractivity contribution is 7.99. The van der Waals surface area contributed by atoms with E-state index in [4.69, 9.17) is 24.3 Å². The second-order valence-corrected chi connectivity index (χ2v) is 19.0. The first-order valence-electron chi connectivity index (χ1n) is 21.1. The van der Waals surface area contributed by atoms with Gasteiger partial charge in [-0.15, -0.1) is 0 Å². The third kappa shape index (κ3) is 23.3. The van der Waals surface area contributed by atoms with Crippen molar-refractivity contribution in [2.45, 2.75) is 186 Å². The third-order valence-corrected chi connectivity index (χ3v) is 13.5. The number of phosphoric acid groups is 2. The number of carbonyl (C=O) groups excluding carboxylic acids is 1. The molecule has 2 rings (SSSR count). The Balaban J connectivity index is 1.82. The van der Waals surface area contributed by atoms with Gasteiger partial charge in [0, 0.05) is 18.4 Å². The molecule has 0 radical (unpaired) electrons. The molecule has 7 unspecified atom stereocenters. The zero-order valence-electron chi connectivity index (χ0n) is 34.2. The van der Waals surface area contributed by atoms with Gasteiger partial charge in [0.25, 0.3) is 0 Å². The molecule has 7 atom stereocenters. The normalized spacial score (nSPS) is 20.9. The molecule has 57 heavy (non-hydrogen) atoms. The van der Waals surface area contributed by atoms with Gasteiger partial charge in [-0.3, -0.25) is 18.4 Å². The number of hydrogen-bond acceptors (Lipinski definition) is 14. The summed E-state index contributed by atoms with van der Waals surface area (Å²) in [4.78, 5) is 49.0. The number of unbranched alkanes of at least 4 members (excludes halogenated alkanes) is 19. The minimum atomic E-state index is -5.31. The molecule has 19 heteroatoms. The summed E-state index contributed by atoms with van der Waals surface area (Å²) in [6.45, 7) is 2.97. The van der Waals surface area contributed by atoms with Crippen molar-refractivity contribution >= 4 is 39.2 Å². The van der Waals surface area contributed by atoms with Crippen molar-refractivity contribution in [2.75, 3.05) is 30.5 Å². The van der Waals surface area contributed by atoms with Crippen molar-refractivity contribution in [1.29, 1.82) is 0 Å². The van der Waals surface area contributed by atoms with Crippen LogP contribution in [0.4, 0.5) is 5.82 Å². The third-order valence-electron chi connectivity index (χ3n) is 9.72. The van der Waals surface area contributed by atoms with Crippen LogP contribution in [0.25, 0.3) is 0 Å². The van der Waals surface area contributed by atoms with Crippen LogP contribution in [0.5, 0.6) is 0 Å². The number of anilines is 1. The van der Waals surface area contributed by atoms with Crippen molar-refractivity contribution < 1.29 is 56.8 Å². The number of carbonyl (C=O) groups is 1. The van der Waals surface area contributed by atoms with Gasteiger partial charge in [0.15, 0.2) is 6.23 Å². The first-order valence-corrected chi connectivity index (χ1v) is 25.2. The lowest BCUT2D eigenvalue weighted by Crippen LogP contribution is -2.36. The summed E-state index contributed by atoms with van der Waals surface area (Å²) in [5.74, 6) is 0.535. The molecule has 1 fully saturated rings. The Kier molecular flexibility index (Phi) is 27.1. The predicted molar refractivity (Wildman–Crippen MR) is 222 cm³/mol. The van der Waals surface area contributed by atoms with Crippen LogP contribution in [0.3, 0.4) is 0 Å². The number of nitrogen functional groups attached to an aromatic ring is 1. The molecule has 16 nitrogen and oxygen atoms in total. The van der Waals surface area contributed by atoms with Crippen LogP contribution in [0.1, 0.15) is 161 Å². The van der Waals surface area contributed by atoms with E-state index in [9.17, 15) is 38.7 Å². The number of rotatable bonds is 35. The van der Waals surface area contributed by atoms with Crippen molar-refractivity contribution in [3.8, 4) is 0 Å². The molecule has 6 N–H and O–H groups in total. The molecule has 0 amide bonds. The topological polar surface area (TPSA) is 239 Å². The Morgan fingerprint density at radius 3 is 1.88 bits per heavy atom. The molecule has 0 aromatic carbocycles. The van der Waals surface area contributed by atoms with E-state index in [1.54, 1.807) is 0 Å². The molecule has 2 heterocycles. The van der Waals surface area contributed by atoms with E-state index in [0.29, 0.717) is 6.42 Å². The molecule has 1 saturated heterocycles. The fraction of sp³-hybridized carbons (Fsp3) is 0.868. The Morgan fingerprint density at radius 1 is 0.825 bits per heavy atom. The highest BCUT2D eigenvalue weighted by Crippen LogP contribution is 2.60. The predicted octanol–water partition coefficient (Wildman–Crippen LogP) is 7.96. The van der Waals surface area contributed by atoms with Gasteiger partial charge in [-0.2, -0.15) is 21.1 Å². The molecule has 1 aliphatic rings. The van der Waals surface area contributed by atoms with E-state index in [-0.39, 0.29) is 18.0 Å². The van der Waals surface area contributed by atoms with E-state index < -0.39 is 71.2 Å². The van der Waals surface area contributed by atoms with Gasteiger partial charge in [0.2, 0.25) is 0 Å². The van der Waals surface area contributed by atoms with Crippen molar-refractivity contribution in [3.63, 3.8) is 0 Å². The number of esters is 1. The van der Waals surface area contributed by atoms with Gasteiger partial charge >= 0.3 is 27.3 Å². The first-order chi connectivity index (χ1) is 27.3. The number of nitrogens with zero attached hydrogens (tertiary/aromatic N) is 2. The molecule has 332 valence electrons. The van der Waals surface area contributed by atoms with Crippen LogP contribution in [0.15, 0.2) is 17.1 Å². The Labute approximate surface area is 343 Å². The maximum absolute atomic E-state index is 12.8. The summed E-state index contributed by atoms with van der Waals surface area (Å²) in [5.41, 5.74) is 4.61. The average Bonchev–Trinajstić information content (AvgIpc) is 3.43. The Hall–Kier alpha value is -1.36. The molecule has 1 aromatic heterocycles. The summed E-state index contributed by atoms with van der Waals surface area (Å²) in [6.07, 6.45) is 18.8. The number of hydrogen-bond donors (Lipinski definition) is 5. The number of thioether (sulfide) groups is 1. The number of nitrogens with two attached hydrogens (primary N) is 1. The quantitative estimate of drug-likeness (QED) is 0.0247. The van der Waals surface area contributed by atoms with E-state index in [0.717, 1.165) is 48.8 Å². The standard InChI is InChI=1S/C38H71N3O13P2S/c1-3-5-7-9-11-13-15-16-18-20-22-24-34(42)52-31(30-57-27-23-21-19-17-14-12-10-8-6-4-2)28-50-55(46,47)54-56(48,49)51-29-32-35(43)36(44)37(53-32)41-26-25-33(39)40-38(41)45/h25-26,31-32,35-37,43-44H,3-24,27-30H2,1-2H3,(H,46,47)(H,48,49)(H2,39,40,45). The summed E-state index contributed by atoms with van der Waals surface area (Å²) in [6, 6.07) is 1.27. The summed E-state index contributed by atoms with van der Waals surface area (Å²) < 4.78 is 51.6. The van der Waals surface area contributed by atoms with Gasteiger partial charge in [-0.05, 0) is 24.7 Å². The van der Waals surface area contributed by atoms with Crippen molar-refractivity contribution in [2.24, 2.45) is 0 Å². The number of aromatic nitrogens is 2. The smallest absolute Gasteiger partial charge is 0.459 e. The lowest BCUT2D eigenvalue weighted by Gasteiger charge is -2.21. The Bertz CT molecular complexity index is 1390. The number of phosphoric ester groups is 2. The zero-order chi connectivity index (χ0) is 41.9. The monoisotopic (exact) mass is 871 g/mol. The van der Waals surface area contributed by atoms with Crippen molar-refractivity contribution in [3.05, 3.63) is 22.7 Å². The lowest BCUT2D eigenvalue weighted by molar-refractivity contribution is -0.149. The molecule has 1 aromatic rings. The SMILES string of the molecule is CCCCCCCCCCCCCC(=O)OC(COP(=O)(O)OP(=O)(O)OCC1OC(n2ccc(N)nc2=O)C(O)C1O)CSCCCCCCCCCCCC. The molecule has 0 aliphatic carbocycles. The molecular weight excluding hydrogens is 800 g/mol. The van der Waals surface area contributed by atoms with Crippen LogP contribution in [0.2, 0.25) is 0 Å². The molecular formula is C38H71N3O13P2S. The van der Waals surface area contributed by atoms with Gasteiger partial charge in [-0.25, -0.2) is 13.9 Å². The van der Waals surface area contributed by atoms with Gasteiger partial charge in [0.1, 0.15) is 30.2 Å². The molecule has 0 saturated carbocycles. The fourth-order valence-corrected chi connectivity index (χ4v) is 9.55. The van der Waals surface area contributed by atoms with E-state index >= 15 is 0 Å². The summed E-state index contributed by atoms with van der Waals surface area (Å²) in [5, 5.41) is 20.8. The summed E-state index contributed by atoms with van der Waals surface area (Å²) in [7, 11) is -10.6. The second-order valence-electron chi connectivity index (χ2n) is 14.9.